The monoisotopic (exact) mass is 390 g/mol. The van der Waals surface area contributed by atoms with Crippen molar-refractivity contribution in [3.8, 4) is 17.3 Å². The fourth-order valence-electron chi connectivity index (χ4n) is 3.17. The number of hydrogen-bond donors (Lipinski definition) is 0. The van der Waals surface area contributed by atoms with Gasteiger partial charge in [0.15, 0.2) is 0 Å². The van der Waals surface area contributed by atoms with Crippen LogP contribution in [0.2, 0.25) is 0 Å². The van der Waals surface area contributed by atoms with E-state index >= 15 is 0 Å². The summed E-state index contributed by atoms with van der Waals surface area (Å²) in [7, 11) is 0. The lowest BCUT2D eigenvalue weighted by Gasteiger charge is -2.01. The molecule has 0 saturated heterocycles. The highest BCUT2D eigenvalue weighted by molar-refractivity contribution is 6.14. The van der Waals surface area contributed by atoms with Crippen molar-refractivity contribution in [3.05, 3.63) is 114 Å². The van der Waals surface area contributed by atoms with Crippen LogP contribution in [-0.4, -0.2) is 20.5 Å². The van der Waals surface area contributed by atoms with Crippen molar-refractivity contribution in [1.82, 2.24) is 14.8 Å². The van der Waals surface area contributed by atoms with Crippen LogP contribution in [-0.2, 0) is 6.54 Å². The summed E-state index contributed by atoms with van der Waals surface area (Å²) in [6.07, 6.45) is 6.87. The molecule has 4 rings (SSSR count). The van der Waals surface area contributed by atoms with Gasteiger partial charge in [-0.05, 0) is 23.8 Å². The van der Waals surface area contributed by atoms with Crippen molar-refractivity contribution in [2.75, 3.05) is 0 Å². The van der Waals surface area contributed by atoms with E-state index in [9.17, 15) is 10.1 Å². The maximum atomic E-state index is 12.8. The Hall–Kier alpha value is -4.30. The minimum absolute atomic E-state index is 0.0607. The molecule has 0 amide bonds. The lowest BCUT2D eigenvalue weighted by Crippen LogP contribution is -2.01. The first kappa shape index (κ1) is 19.0. The van der Waals surface area contributed by atoms with Gasteiger partial charge in [-0.2, -0.15) is 10.4 Å². The summed E-state index contributed by atoms with van der Waals surface area (Å²) in [4.78, 5) is 17.0. The largest absolute Gasteiger partial charge is 0.288 e. The summed E-state index contributed by atoms with van der Waals surface area (Å²) in [5.74, 6) is -0.314. The lowest BCUT2D eigenvalue weighted by atomic mass is 10.0. The molecule has 2 aromatic carbocycles. The zero-order valence-corrected chi connectivity index (χ0v) is 16.1. The SMILES string of the molecule is N#C/C(=C\c1cn(Cc2ccccc2)nc1-c1cccnc1)C(=O)c1ccccc1. The number of hydrogen-bond acceptors (Lipinski definition) is 4. The van der Waals surface area contributed by atoms with E-state index in [1.54, 1.807) is 42.7 Å². The molecule has 144 valence electrons. The average molecular weight is 390 g/mol. The third-order valence-electron chi connectivity index (χ3n) is 4.61. The molecule has 2 heterocycles. The Kier molecular flexibility index (Phi) is 5.59. The first-order chi connectivity index (χ1) is 14.7. The van der Waals surface area contributed by atoms with E-state index in [0.717, 1.165) is 11.1 Å². The van der Waals surface area contributed by atoms with Gasteiger partial charge in [-0.25, -0.2) is 0 Å². The van der Waals surface area contributed by atoms with Gasteiger partial charge in [-0.15, -0.1) is 0 Å². The number of carbonyl (C=O) groups excluding carboxylic acids is 1. The first-order valence-electron chi connectivity index (χ1n) is 9.48. The van der Waals surface area contributed by atoms with Gasteiger partial charge in [-0.3, -0.25) is 14.5 Å². The summed E-state index contributed by atoms with van der Waals surface area (Å²) >= 11 is 0. The van der Waals surface area contributed by atoms with Crippen molar-refractivity contribution < 1.29 is 4.79 Å². The molecule has 0 atom stereocenters. The minimum Gasteiger partial charge on any atom is -0.288 e. The predicted octanol–water partition coefficient (Wildman–Crippen LogP) is 4.78. The molecule has 0 fully saturated rings. The Balaban J connectivity index is 1.76. The van der Waals surface area contributed by atoms with Gasteiger partial charge in [0.05, 0.1) is 6.54 Å². The number of allylic oxidation sites excluding steroid dienone is 1. The van der Waals surface area contributed by atoms with Gasteiger partial charge in [0.25, 0.3) is 0 Å². The zero-order chi connectivity index (χ0) is 20.8. The molecule has 0 aliphatic rings. The van der Waals surface area contributed by atoms with Gasteiger partial charge in [0.2, 0.25) is 5.78 Å². The molecule has 0 radical (unpaired) electrons. The highest BCUT2D eigenvalue weighted by Gasteiger charge is 2.16. The topological polar surface area (TPSA) is 71.6 Å². The van der Waals surface area contributed by atoms with Gasteiger partial charge >= 0.3 is 0 Å². The summed E-state index contributed by atoms with van der Waals surface area (Å²) in [5, 5.41) is 14.4. The van der Waals surface area contributed by atoms with Crippen LogP contribution >= 0.6 is 0 Å². The first-order valence-corrected chi connectivity index (χ1v) is 9.48. The van der Waals surface area contributed by atoms with Crippen molar-refractivity contribution >= 4 is 11.9 Å². The summed E-state index contributed by atoms with van der Waals surface area (Å²) in [5.41, 5.74) is 3.83. The van der Waals surface area contributed by atoms with Crippen LogP contribution in [0, 0.1) is 11.3 Å². The van der Waals surface area contributed by atoms with E-state index in [0.29, 0.717) is 23.4 Å². The molecule has 0 spiro atoms. The standard InChI is InChI=1S/C25H18N4O/c26-15-22(25(30)20-10-5-2-6-11-20)14-23-18-29(17-19-8-3-1-4-9-19)28-24(23)21-12-7-13-27-16-21/h1-14,16,18H,17H2/b22-14+. The number of Topliss-reactive ketones (excluding diaryl/α,β-unsaturated/α-hetero) is 1. The van der Waals surface area contributed by atoms with Crippen molar-refractivity contribution in [2.45, 2.75) is 6.54 Å². The molecular formula is C25H18N4O. The smallest absolute Gasteiger partial charge is 0.203 e. The Bertz CT molecular complexity index is 1220. The summed E-state index contributed by atoms with van der Waals surface area (Å²) in [6.45, 7) is 0.580. The maximum absolute atomic E-state index is 12.8. The Morgan fingerprint density at radius 3 is 2.40 bits per heavy atom. The molecule has 30 heavy (non-hydrogen) atoms. The van der Waals surface area contributed by atoms with Gasteiger partial charge < -0.3 is 0 Å². The van der Waals surface area contributed by atoms with E-state index in [4.69, 9.17) is 5.10 Å². The van der Waals surface area contributed by atoms with Gasteiger partial charge in [0.1, 0.15) is 17.3 Å². The fourth-order valence-corrected chi connectivity index (χ4v) is 3.17. The lowest BCUT2D eigenvalue weighted by molar-refractivity contribution is 0.104. The van der Waals surface area contributed by atoms with Crippen molar-refractivity contribution in [3.63, 3.8) is 0 Å². The maximum Gasteiger partial charge on any atom is 0.203 e. The molecule has 0 bridgehead atoms. The van der Waals surface area contributed by atoms with Gasteiger partial charge in [0, 0.05) is 35.3 Å². The molecule has 4 aromatic rings. The quantitative estimate of drug-likeness (QED) is 0.270. The van der Waals surface area contributed by atoms with E-state index in [1.165, 1.54) is 0 Å². The molecule has 0 unspecified atom stereocenters. The Morgan fingerprint density at radius 1 is 1.00 bits per heavy atom. The van der Waals surface area contributed by atoms with Gasteiger partial charge in [-0.1, -0.05) is 60.7 Å². The molecule has 0 N–H and O–H groups in total. The minimum atomic E-state index is -0.314. The number of nitriles is 1. The predicted molar refractivity (Wildman–Crippen MR) is 115 cm³/mol. The number of benzene rings is 2. The van der Waals surface area contributed by atoms with Crippen LogP contribution in [0.5, 0.6) is 0 Å². The summed E-state index contributed by atoms with van der Waals surface area (Å²) < 4.78 is 1.81. The fraction of sp³-hybridized carbons (Fsp3) is 0.0400. The molecule has 0 aliphatic heterocycles. The van der Waals surface area contributed by atoms with Crippen LogP contribution in [0.3, 0.4) is 0 Å². The highest BCUT2D eigenvalue weighted by atomic mass is 16.1. The van der Waals surface area contributed by atoms with Crippen molar-refractivity contribution in [1.29, 1.82) is 5.26 Å². The number of aromatic nitrogens is 3. The Morgan fingerprint density at radius 2 is 1.73 bits per heavy atom. The third kappa shape index (κ3) is 4.23. The third-order valence-corrected chi connectivity index (χ3v) is 4.61. The highest BCUT2D eigenvalue weighted by Crippen LogP contribution is 2.25. The second-order valence-corrected chi connectivity index (χ2v) is 6.72. The van der Waals surface area contributed by atoms with Crippen LogP contribution < -0.4 is 0 Å². The molecular weight excluding hydrogens is 372 g/mol. The average Bonchev–Trinajstić information content (AvgIpc) is 3.21. The normalized spacial score (nSPS) is 11.1. The second-order valence-electron chi connectivity index (χ2n) is 6.72. The van der Waals surface area contributed by atoms with Crippen LogP contribution in [0.4, 0.5) is 0 Å². The van der Waals surface area contributed by atoms with E-state index in [1.807, 2.05) is 65.5 Å². The molecule has 0 aliphatic carbocycles. The van der Waals surface area contributed by atoms with E-state index < -0.39 is 0 Å². The summed E-state index contributed by atoms with van der Waals surface area (Å²) in [6, 6.07) is 24.6. The van der Waals surface area contributed by atoms with Crippen LogP contribution in [0.1, 0.15) is 21.5 Å². The Labute approximate surface area is 174 Å². The molecule has 5 heteroatoms. The second kappa shape index (κ2) is 8.80. The number of ketones is 1. The number of pyridine rings is 1. The molecule has 5 nitrogen and oxygen atoms in total. The van der Waals surface area contributed by atoms with E-state index in [2.05, 4.69) is 4.98 Å². The van der Waals surface area contributed by atoms with Crippen molar-refractivity contribution in [2.24, 2.45) is 0 Å². The van der Waals surface area contributed by atoms with Crippen LogP contribution in [0.15, 0.2) is 97.0 Å². The van der Waals surface area contributed by atoms with Crippen LogP contribution in [0.25, 0.3) is 17.3 Å². The molecule has 2 aromatic heterocycles. The number of rotatable bonds is 6. The van der Waals surface area contributed by atoms with E-state index in [-0.39, 0.29) is 11.4 Å². The number of carbonyl (C=O) groups is 1. The zero-order valence-electron chi connectivity index (χ0n) is 16.1. The number of nitrogens with zero attached hydrogens (tertiary/aromatic N) is 4. The molecule has 0 saturated carbocycles.